The molecule has 144 valence electrons. The lowest BCUT2D eigenvalue weighted by atomic mass is 9.85. The average Bonchev–Trinajstić information content (AvgIpc) is 2.67. The fraction of sp³-hybridized carbons (Fsp3) is 0.455. The second kappa shape index (κ2) is 9.23. The Hall–Kier alpha value is -2.07. The minimum atomic E-state index is -0.922. The first-order chi connectivity index (χ1) is 13.1. The van der Waals surface area contributed by atoms with Gasteiger partial charge < -0.3 is 9.84 Å². The zero-order valence-electron chi connectivity index (χ0n) is 15.7. The van der Waals surface area contributed by atoms with Gasteiger partial charge in [-0.15, -0.1) is 0 Å². The minimum absolute atomic E-state index is 0.293. The van der Waals surface area contributed by atoms with Gasteiger partial charge in [0.05, 0.1) is 23.6 Å². The van der Waals surface area contributed by atoms with Crippen LogP contribution in [0.4, 0.5) is 0 Å². The van der Waals surface area contributed by atoms with Crippen molar-refractivity contribution in [2.24, 2.45) is 5.92 Å². The smallest absolute Gasteiger partial charge is 0.337 e. The van der Waals surface area contributed by atoms with Gasteiger partial charge in [0.25, 0.3) is 0 Å². The van der Waals surface area contributed by atoms with Crippen molar-refractivity contribution in [3.05, 3.63) is 46.6 Å². The first-order valence-corrected chi connectivity index (χ1v) is 10.1. The van der Waals surface area contributed by atoms with E-state index in [1.54, 1.807) is 24.3 Å². The third-order valence-corrected chi connectivity index (χ3v) is 5.47. The molecule has 27 heavy (non-hydrogen) atoms. The molecular weight excluding hydrogens is 362 g/mol. The number of hydrogen-bond acceptors (Lipinski definition) is 3. The van der Waals surface area contributed by atoms with E-state index < -0.39 is 5.97 Å². The Kier molecular flexibility index (Phi) is 6.73. The van der Waals surface area contributed by atoms with Crippen LogP contribution in [0.3, 0.4) is 0 Å². The molecule has 0 unspecified atom stereocenters. The lowest BCUT2D eigenvalue weighted by Crippen LogP contribution is -2.11. The van der Waals surface area contributed by atoms with Gasteiger partial charge in [0, 0.05) is 10.6 Å². The van der Waals surface area contributed by atoms with Crippen LogP contribution in [0.5, 0.6) is 5.75 Å². The molecule has 0 bridgehead atoms. The number of carboxylic acids is 1. The summed E-state index contributed by atoms with van der Waals surface area (Å²) in [7, 11) is 0. The van der Waals surface area contributed by atoms with Gasteiger partial charge in [0.2, 0.25) is 0 Å². The molecule has 0 saturated heterocycles. The molecule has 1 aliphatic carbocycles. The number of carbonyl (C=O) groups is 1. The normalized spacial score (nSPS) is 14.9. The number of aromatic nitrogens is 1. The van der Waals surface area contributed by atoms with Crippen LogP contribution in [0.2, 0.25) is 5.02 Å². The predicted octanol–water partition coefficient (Wildman–Crippen LogP) is 6.01. The van der Waals surface area contributed by atoms with Gasteiger partial charge in [-0.05, 0) is 56.0 Å². The zero-order chi connectivity index (χ0) is 19.2. The standard InChI is InChI=1S/C22H26ClNO3/c1-2-27-21-14-16(23)9-10-17(21)19-13-11-18(22(25)26)20(24-19)12-8-15-6-4-3-5-7-15/h9-11,13-15H,2-8,12H2,1H3,(H,25,26). The van der Waals surface area contributed by atoms with Gasteiger partial charge in [-0.1, -0.05) is 43.7 Å². The van der Waals surface area contributed by atoms with Gasteiger partial charge in [-0.2, -0.15) is 0 Å². The van der Waals surface area contributed by atoms with Crippen molar-refractivity contribution in [1.82, 2.24) is 4.98 Å². The molecule has 1 aliphatic rings. The zero-order valence-corrected chi connectivity index (χ0v) is 16.5. The number of nitrogens with zero attached hydrogens (tertiary/aromatic N) is 1. The summed E-state index contributed by atoms with van der Waals surface area (Å²) in [6, 6.07) is 8.86. The Labute approximate surface area is 165 Å². The number of pyridine rings is 1. The molecule has 0 spiro atoms. The molecule has 0 amide bonds. The Morgan fingerprint density at radius 3 is 2.70 bits per heavy atom. The molecule has 0 atom stereocenters. The van der Waals surface area contributed by atoms with Gasteiger partial charge in [-0.3, -0.25) is 4.98 Å². The number of hydrogen-bond donors (Lipinski definition) is 1. The van der Waals surface area contributed by atoms with Gasteiger partial charge >= 0.3 is 5.97 Å². The van der Waals surface area contributed by atoms with Crippen LogP contribution in [0.1, 0.15) is 61.5 Å². The van der Waals surface area contributed by atoms with Crippen LogP contribution in [-0.2, 0) is 6.42 Å². The Balaban J connectivity index is 1.90. The van der Waals surface area contributed by atoms with Gasteiger partial charge in [0.1, 0.15) is 5.75 Å². The maximum Gasteiger partial charge on any atom is 0.337 e. The number of aromatic carboxylic acids is 1. The van der Waals surface area contributed by atoms with Crippen LogP contribution in [0, 0.1) is 5.92 Å². The van der Waals surface area contributed by atoms with E-state index in [4.69, 9.17) is 21.3 Å². The second-order valence-corrected chi connectivity index (χ2v) is 7.55. The number of ether oxygens (including phenoxy) is 1. The van der Waals surface area contributed by atoms with Crippen molar-refractivity contribution in [3.63, 3.8) is 0 Å². The van der Waals surface area contributed by atoms with E-state index in [2.05, 4.69) is 0 Å². The highest BCUT2D eigenvalue weighted by molar-refractivity contribution is 6.30. The van der Waals surface area contributed by atoms with E-state index in [-0.39, 0.29) is 0 Å². The molecule has 1 fully saturated rings. The highest BCUT2D eigenvalue weighted by atomic mass is 35.5. The van der Waals surface area contributed by atoms with Crippen molar-refractivity contribution in [2.45, 2.75) is 51.9 Å². The largest absolute Gasteiger partial charge is 0.493 e. The molecule has 0 radical (unpaired) electrons. The molecule has 1 saturated carbocycles. The number of halogens is 1. The van der Waals surface area contributed by atoms with Crippen LogP contribution < -0.4 is 4.74 Å². The quantitative estimate of drug-likeness (QED) is 0.631. The Bertz CT molecular complexity index is 800. The van der Waals surface area contributed by atoms with Gasteiger partial charge in [0.15, 0.2) is 0 Å². The predicted molar refractivity (Wildman–Crippen MR) is 108 cm³/mol. The molecule has 3 rings (SSSR count). The number of carboxylic acid groups (broad SMARTS) is 1. The fourth-order valence-electron chi connectivity index (χ4n) is 3.84. The van der Waals surface area contributed by atoms with E-state index in [0.717, 1.165) is 17.7 Å². The molecular formula is C22H26ClNO3. The first kappa shape index (κ1) is 19.7. The number of rotatable bonds is 7. The van der Waals surface area contributed by atoms with E-state index in [1.807, 2.05) is 13.0 Å². The highest BCUT2D eigenvalue weighted by Gasteiger charge is 2.18. The molecule has 0 aliphatic heterocycles. The summed E-state index contributed by atoms with van der Waals surface area (Å²) in [5.74, 6) is 0.424. The van der Waals surface area contributed by atoms with E-state index in [1.165, 1.54) is 32.1 Å². The lowest BCUT2D eigenvalue weighted by molar-refractivity contribution is 0.0695. The summed E-state index contributed by atoms with van der Waals surface area (Å²) in [5.41, 5.74) is 2.50. The summed E-state index contributed by atoms with van der Waals surface area (Å²) in [6.45, 7) is 2.44. The summed E-state index contributed by atoms with van der Waals surface area (Å²) in [5, 5.41) is 10.2. The summed E-state index contributed by atoms with van der Waals surface area (Å²) >= 11 is 6.10. The van der Waals surface area contributed by atoms with Crippen LogP contribution >= 0.6 is 11.6 Å². The highest BCUT2D eigenvalue weighted by Crippen LogP contribution is 2.33. The monoisotopic (exact) mass is 387 g/mol. The third-order valence-electron chi connectivity index (χ3n) is 5.24. The van der Waals surface area contributed by atoms with Crippen molar-refractivity contribution in [3.8, 4) is 17.0 Å². The lowest BCUT2D eigenvalue weighted by Gasteiger charge is -2.21. The Morgan fingerprint density at radius 2 is 2.00 bits per heavy atom. The second-order valence-electron chi connectivity index (χ2n) is 7.11. The number of benzene rings is 1. The van der Waals surface area contributed by atoms with Crippen LogP contribution in [0.15, 0.2) is 30.3 Å². The Morgan fingerprint density at radius 1 is 1.22 bits per heavy atom. The van der Waals surface area contributed by atoms with E-state index >= 15 is 0 Å². The van der Waals surface area contributed by atoms with Crippen molar-refractivity contribution in [1.29, 1.82) is 0 Å². The van der Waals surface area contributed by atoms with E-state index in [0.29, 0.717) is 41.0 Å². The third kappa shape index (κ3) is 5.01. The summed E-state index contributed by atoms with van der Waals surface area (Å²) in [4.78, 5) is 16.4. The molecule has 2 aromatic rings. The van der Waals surface area contributed by atoms with Gasteiger partial charge in [-0.25, -0.2) is 4.79 Å². The molecule has 1 N–H and O–H groups in total. The SMILES string of the molecule is CCOc1cc(Cl)ccc1-c1ccc(C(=O)O)c(CCC2CCCCC2)n1. The first-order valence-electron chi connectivity index (χ1n) is 9.74. The topological polar surface area (TPSA) is 59.4 Å². The molecule has 1 aromatic heterocycles. The fourth-order valence-corrected chi connectivity index (χ4v) is 4.00. The minimum Gasteiger partial charge on any atom is -0.493 e. The maximum atomic E-state index is 11.7. The summed E-state index contributed by atoms with van der Waals surface area (Å²) in [6.07, 6.45) is 8.06. The number of aryl methyl sites for hydroxylation is 1. The van der Waals surface area contributed by atoms with Crippen molar-refractivity contribution in [2.75, 3.05) is 6.61 Å². The molecule has 5 heteroatoms. The molecule has 1 heterocycles. The van der Waals surface area contributed by atoms with Crippen molar-refractivity contribution < 1.29 is 14.6 Å². The molecule has 4 nitrogen and oxygen atoms in total. The average molecular weight is 388 g/mol. The molecule has 1 aromatic carbocycles. The summed E-state index contributed by atoms with van der Waals surface area (Å²) < 4.78 is 5.70. The van der Waals surface area contributed by atoms with E-state index in [9.17, 15) is 9.90 Å². The van der Waals surface area contributed by atoms with Crippen molar-refractivity contribution >= 4 is 17.6 Å². The van der Waals surface area contributed by atoms with Crippen LogP contribution in [-0.4, -0.2) is 22.7 Å². The maximum absolute atomic E-state index is 11.7. The van der Waals surface area contributed by atoms with Crippen LogP contribution in [0.25, 0.3) is 11.3 Å².